The Bertz CT molecular complexity index is 317. The average Bonchev–Trinajstić information content (AvgIpc) is 2.35. The Labute approximate surface area is 109 Å². The highest BCUT2D eigenvalue weighted by atomic mass is 16.4. The van der Waals surface area contributed by atoms with Gasteiger partial charge in [0.2, 0.25) is 5.91 Å². The highest BCUT2D eigenvalue weighted by Gasteiger charge is 2.30. The maximum atomic E-state index is 12.1. The summed E-state index contributed by atoms with van der Waals surface area (Å²) in [5, 5.41) is 14.7. The molecule has 0 aromatic rings. The van der Waals surface area contributed by atoms with Crippen LogP contribution in [0.3, 0.4) is 0 Å². The summed E-state index contributed by atoms with van der Waals surface area (Å²) in [6.45, 7) is 6.26. The number of hydrogen-bond donors (Lipinski definition) is 3. The molecule has 5 nitrogen and oxygen atoms in total. The van der Waals surface area contributed by atoms with Crippen LogP contribution in [0.4, 0.5) is 0 Å². The lowest BCUT2D eigenvalue weighted by Crippen LogP contribution is -2.48. The van der Waals surface area contributed by atoms with Crippen LogP contribution < -0.4 is 11.1 Å². The smallest absolute Gasteiger partial charge is 0.231 e. The summed E-state index contributed by atoms with van der Waals surface area (Å²) in [5.74, 6) is 0.449. The fraction of sp³-hybridized carbons (Fsp3) is 0.846. The highest BCUT2D eigenvalue weighted by Crippen LogP contribution is 2.29. The van der Waals surface area contributed by atoms with Gasteiger partial charge >= 0.3 is 0 Å². The van der Waals surface area contributed by atoms with Crippen molar-refractivity contribution in [2.24, 2.45) is 28.6 Å². The highest BCUT2D eigenvalue weighted by molar-refractivity contribution is 6.02. The molecule has 0 aromatic carbocycles. The van der Waals surface area contributed by atoms with E-state index in [2.05, 4.69) is 24.3 Å². The Morgan fingerprint density at radius 2 is 2.17 bits per heavy atom. The van der Waals surface area contributed by atoms with Crippen LogP contribution in [0.1, 0.15) is 46.5 Å². The zero-order valence-electron chi connectivity index (χ0n) is 11.5. The van der Waals surface area contributed by atoms with E-state index in [1.165, 1.54) is 6.42 Å². The van der Waals surface area contributed by atoms with Gasteiger partial charge in [-0.25, -0.2) is 0 Å². The fourth-order valence-electron chi connectivity index (χ4n) is 2.67. The molecular formula is C13H25N3O2. The third-order valence-corrected chi connectivity index (χ3v) is 4.23. The van der Waals surface area contributed by atoms with Crippen molar-refractivity contribution in [3.05, 3.63) is 0 Å². The third-order valence-electron chi connectivity index (χ3n) is 4.23. The van der Waals surface area contributed by atoms with Gasteiger partial charge in [-0.1, -0.05) is 38.8 Å². The van der Waals surface area contributed by atoms with E-state index < -0.39 is 5.92 Å². The molecule has 1 saturated carbocycles. The first kappa shape index (κ1) is 14.8. The van der Waals surface area contributed by atoms with Gasteiger partial charge in [-0.05, 0) is 24.7 Å². The van der Waals surface area contributed by atoms with Crippen LogP contribution in [-0.2, 0) is 4.79 Å². The van der Waals surface area contributed by atoms with Gasteiger partial charge in [-0.3, -0.25) is 4.79 Å². The number of carbonyl (C=O) groups excluding carboxylic acids is 1. The third kappa shape index (κ3) is 3.37. The van der Waals surface area contributed by atoms with Gasteiger partial charge in [-0.15, -0.1) is 0 Å². The minimum Gasteiger partial charge on any atom is -0.409 e. The summed E-state index contributed by atoms with van der Waals surface area (Å²) in [5.41, 5.74) is 5.53. The van der Waals surface area contributed by atoms with Crippen LogP contribution in [-0.4, -0.2) is 23.0 Å². The molecule has 1 fully saturated rings. The van der Waals surface area contributed by atoms with E-state index in [-0.39, 0.29) is 17.8 Å². The van der Waals surface area contributed by atoms with E-state index in [9.17, 15) is 4.79 Å². The summed E-state index contributed by atoms with van der Waals surface area (Å²) in [6.07, 6.45) is 3.93. The number of rotatable bonds is 4. The molecule has 0 aromatic heterocycles. The maximum Gasteiger partial charge on any atom is 0.231 e. The lowest BCUT2D eigenvalue weighted by Gasteiger charge is -2.35. The second-order valence-corrected chi connectivity index (χ2v) is 5.37. The van der Waals surface area contributed by atoms with Gasteiger partial charge in [0.1, 0.15) is 0 Å². The Balaban J connectivity index is 2.63. The van der Waals surface area contributed by atoms with Gasteiger partial charge < -0.3 is 16.3 Å². The normalized spacial score (nSPS) is 30.8. The number of oxime groups is 1. The zero-order valence-corrected chi connectivity index (χ0v) is 11.5. The molecule has 0 spiro atoms. The molecule has 4 unspecified atom stereocenters. The molecule has 0 aliphatic heterocycles. The van der Waals surface area contributed by atoms with Crippen molar-refractivity contribution in [3.8, 4) is 0 Å². The standard InChI is InChI=1S/C13H25N3O2/c1-4-10(12(14)16-18)13(17)15-11-7-5-6-8(2)9(11)3/h8-11,18H,4-7H2,1-3H3,(H2,14,16)(H,15,17). The predicted molar refractivity (Wildman–Crippen MR) is 71.3 cm³/mol. The summed E-state index contributed by atoms with van der Waals surface area (Å²) in [6, 6.07) is 0.210. The van der Waals surface area contributed by atoms with Crippen molar-refractivity contribution in [1.29, 1.82) is 0 Å². The molecule has 0 bridgehead atoms. The number of amides is 1. The van der Waals surface area contributed by atoms with E-state index in [1.54, 1.807) is 0 Å². The topological polar surface area (TPSA) is 87.7 Å². The minimum absolute atomic E-state index is 0.00786. The number of amidine groups is 1. The Morgan fingerprint density at radius 3 is 2.72 bits per heavy atom. The SMILES string of the molecule is CCC(C(=O)NC1CCCC(C)C1C)/C(N)=N/O. The van der Waals surface area contributed by atoms with E-state index in [1.807, 2.05) is 6.92 Å². The van der Waals surface area contributed by atoms with Crippen molar-refractivity contribution < 1.29 is 10.0 Å². The second-order valence-electron chi connectivity index (χ2n) is 5.37. The molecule has 4 atom stereocenters. The van der Waals surface area contributed by atoms with Gasteiger partial charge in [0.05, 0.1) is 5.92 Å². The van der Waals surface area contributed by atoms with E-state index in [0.29, 0.717) is 18.3 Å². The Kier molecular flexibility index (Phi) is 5.44. The lowest BCUT2D eigenvalue weighted by molar-refractivity contribution is -0.124. The first-order valence-corrected chi connectivity index (χ1v) is 6.79. The van der Waals surface area contributed by atoms with Crippen molar-refractivity contribution in [2.45, 2.75) is 52.5 Å². The van der Waals surface area contributed by atoms with Crippen LogP contribution >= 0.6 is 0 Å². The lowest BCUT2D eigenvalue weighted by atomic mass is 9.78. The largest absolute Gasteiger partial charge is 0.409 e. The number of carbonyl (C=O) groups is 1. The van der Waals surface area contributed by atoms with Crippen molar-refractivity contribution in [2.75, 3.05) is 0 Å². The molecule has 4 N–H and O–H groups in total. The molecule has 18 heavy (non-hydrogen) atoms. The molecule has 1 amide bonds. The van der Waals surface area contributed by atoms with Gasteiger partial charge in [0, 0.05) is 6.04 Å². The number of nitrogens with two attached hydrogens (primary N) is 1. The van der Waals surface area contributed by atoms with Crippen molar-refractivity contribution in [1.82, 2.24) is 5.32 Å². The quantitative estimate of drug-likeness (QED) is 0.309. The van der Waals surface area contributed by atoms with E-state index in [0.717, 1.165) is 12.8 Å². The average molecular weight is 255 g/mol. The van der Waals surface area contributed by atoms with Crippen LogP contribution in [0.5, 0.6) is 0 Å². The molecular weight excluding hydrogens is 230 g/mol. The Hall–Kier alpha value is -1.26. The molecule has 1 rings (SSSR count). The van der Waals surface area contributed by atoms with Crippen LogP contribution in [0.15, 0.2) is 5.16 Å². The minimum atomic E-state index is -0.528. The summed E-state index contributed by atoms with van der Waals surface area (Å²) < 4.78 is 0. The van der Waals surface area contributed by atoms with Gasteiger partial charge in [0.15, 0.2) is 5.84 Å². The molecule has 0 heterocycles. The van der Waals surface area contributed by atoms with Gasteiger partial charge in [0.25, 0.3) is 0 Å². The summed E-state index contributed by atoms with van der Waals surface area (Å²) in [7, 11) is 0. The molecule has 5 heteroatoms. The van der Waals surface area contributed by atoms with Crippen LogP contribution in [0, 0.1) is 17.8 Å². The van der Waals surface area contributed by atoms with E-state index >= 15 is 0 Å². The second kappa shape index (κ2) is 6.61. The molecule has 1 aliphatic rings. The number of hydrogen-bond acceptors (Lipinski definition) is 3. The maximum absolute atomic E-state index is 12.1. The zero-order chi connectivity index (χ0) is 13.7. The monoisotopic (exact) mass is 255 g/mol. The first-order valence-electron chi connectivity index (χ1n) is 6.79. The van der Waals surface area contributed by atoms with Crippen LogP contribution in [0.25, 0.3) is 0 Å². The molecule has 1 aliphatic carbocycles. The number of nitrogens with one attached hydrogen (secondary N) is 1. The Morgan fingerprint density at radius 1 is 1.50 bits per heavy atom. The molecule has 104 valence electrons. The first-order chi connectivity index (χ1) is 8.51. The number of nitrogens with zero attached hydrogens (tertiary/aromatic N) is 1. The van der Waals surface area contributed by atoms with E-state index in [4.69, 9.17) is 10.9 Å². The molecule has 0 saturated heterocycles. The predicted octanol–water partition coefficient (Wildman–Crippen LogP) is 1.70. The van der Waals surface area contributed by atoms with Crippen molar-refractivity contribution in [3.63, 3.8) is 0 Å². The molecule has 0 radical (unpaired) electrons. The van der Waals surface area contributed by atoms with Crippen LogP contribution in [0.2, 0.25) is 0 Å². The summed E-state index contributed by atoms with van der Waals surface area (Å²) in [4.78, 5) is 12.1. The summed E-state index contributed by atoms with van der Waals surface area (Å²) >= 11 is 0. The van der Waals surface area contributed by atoms with Gasteiger partial charge in [-0.2, -0.15) is 0 Å². The van der Waals surface area contributed by atoms with Crippen molar-refractivity contribution >= 4 is 11.7 Å². The fourth-order valence-corrected chi connectivity index (χ4v) is 2.67.